The molecule has 0 atom stereocenters. The van der Waals surface area contributed by atoms with Crippen LogP contribution in [0.15, 0.2) is 55.1 Å². The normalized spacial score (nSPS) is 10.3. The summed E-state index contributed by atoms with van der Waals surface area (Å²) in [5.41, 5.74) is 0. The van der Waals surface area contributed by atoms with Gasteiger partial charge in [0.2, 0.25) is 0 Å². The van der Waals surface area contributed by atoms with Crippen LogP contribution in [0.4, 0.5) is 0 Å². The van der Waals surface area contributed by atoms with Gasteiger partial charge in [-0.2, -0.15) is 0 Å². The molecule has 0 spiro atoms. The van der Waals surface area contributed by atoms with E-state index in [-0.39, 0.29) is 0 Å². The molecular weight excluding hydrogens is 200 g/mol. The van der Waals surface area contributed by atoms with Gasteiger partial charge in [0, 0.05) is 4.90 Å². The first-order valence-corrected chi connectivity index (χ1v) is 5.08. The lowest BCUT2D eigenvalue weighted by Gasteiger charge is -1.96. The number of benzene rings is 1. The van der Waals surface area contributed by atoms with E-state index in [4.69, 9.17) is 4.42 Å². The zero-order valence-electron chi connectivity index (χ0n) is 7.30. The molecule has 0 aliphatic carbocycles. The van der Waals surface area contributed by atoms with Crippen LogP contribution in [0.2, 0.25) is 0 Å². The number of hydrogen-bond donors (Lipinski definition) is 0. The molecule has 0 amide bonds. The van der Waals surface area contributed by atoms with Gasteiger partial charge in [0.1, 0.15) is 6.26 Å². The Morgan fingerprint density at radius 3 is 2.64 bits per heavy atom. The minimum absolute atomic E-state index is 0.559. The highest BCUT2D eigenvalue weighted by atomic mass is 32.2. The van der Waals surface area contributed by atoms with Crippen molar-refractivity contribution in [3.8, 4) is 0 Å². The molecule has 3 nitrogen and oxygen atoms in total. The second kappa shape index (κ2) is 4.19. The van der Waals surface area contributed by atoms with Gasteiger partial charge in [-0.05, 0) is 12.1 Å². The van der Waals surface area contributed by atoms with Crippen molar-refractivity contribution < 1.29 is 8.83 Å². The zero-order chi connectivity index (χ0) is 9.80. The average Bonchev–Trinajstić information content (AvgIpc) is 2.63. The predicted molar refractivity (Wildman–Crippen MR) is 53.2 cm³/mol. The fraction of sp³-hybridized carbons (Fsp3) is 0.100. The van der Waals surface area contributed by atoms with Crippen LogP contribution in [0.1, 0.15) is 5.76 Å². The molecule has 0 bridgehead atoms. The molecule has 0 aliphatic rings. The number of hydrogen-bond acceptors (Lipinski definition) is 4. The largest absolute Gasteiger partial charge is 0.518 e. The van der Waals surface area contributed by atoms with E-state index in [0.717, 1.165) is 4.90 Å². The second-order valence-electron chi connectivity index (χ2n) is 2.66. The van der Waals surface area contributed by atoms with E-state index < -0.39 is 5.82 Å². The maximum absolute atomic E-state index is 10.6. The molecule has 14 heavy (non-hydrogen) atoms. The highest BCUT2D eigenvalue weighted by Gasteiger charge is 2.01. The van der Waals surface area contributed by atoms with Crippen molar-refractivity contribution in [2.24, 2.45) is 0 Å². The second-order valence-corrected chi connectivity index (χ2v) is 3.70. The van der Waals surface area contributed by atoms with Crippen LogP contribution in [0.25, 0.3) is 0 Å². The van der Waals surface area contributed by atoms with E-state index in [0.29, 0.717) is 11.5 Å². The monoisotopic (exact) mass is 208 g/mol. The Morgan fingerprint density at radius 2 is 2.00 bits per heavy atom. The molecule has 72 valence electrons. The summed E-state index contributed by atoms with van der Waals surface area (Å²) in [4.78, 5) is 11.7. The van der Waals surface area contributed by atoms with Crippen LogP contribution < -0.4 is 5.82 Å². The molecule has 0 radical (unpaired) electrons. The standard InChI is InChI=1S/C10H8O3S/c11-10-12-6-8(13-10)7-14-9-4-2-1-3-5-9/h1-6H,7H2. The maximum atomic E-state index is 10.6. The lowest BCUT2D eigenvalue weighted by Crippen LogP contribution is -1.86. The molecule has 2 rings (SSSR count). The molecule has 1 heterocycles. The van der Waals surface area contributed by atoms with E-state index in [9.17, 15) is 4.79 Å². The minimum atomic E-state index is -0.645. The lowest BCUT2D eigenvalue weighted by molar-refractivity contribution is 0.378. The van der Waals surface area contributed by atoms with Crippen molar-refractivity contribution >= 4 is 11.8 Å². The summed E-state index contributed by atoms with van der Waals surface area (Å²) in [7, 11) is 0. The van der Waals surface area contributed by atoms with E-state index in [2.05, 4.69) is 4.42 Å². The number of rotatable bonds is 3. The van der Waals surface area contributed by atoms with Crippen LogP contribution in [0, 0.1) is 0 Å². The van der Waals surface area contributed by atoms with Gasteiger partial charge in [-0.25, -0.2) is 4.79 Å². The van der Waals surface area contributed by atoms with Crippen molar-refractivity contribution in [2.45, 2.75) is 10.6 Å². The van der Waals surface area contributed by atoms with E-state index in [1.54, 1.807) is 11.8 Å². The first kappa shape index (κ1) is 9.15. The van der Waals surface area contributed by atoms with Gasteiger partial charge in [-0.15, -0.1) is 11.8 Å². The summed E-state index contributed by atoms with van der Waals surface area (Å²) >= 11 is 1.59. The Hall–Kier alpha value is -1.42. The molecule has 4 heteroatoms. The Labute approximate surface area is 84.7 Å². The van der Waals surface area contributed by atoms with Gasteiger partial charge in [-0.3, -0.25) is 0 Å². The minimum Gasteiger partial charge on any atom is -0.399 e. The van der Waals surface area contributed by atoms with Crippen LogP contribution in [0.5, 0.6) is 0 Å². The molecule has 0 fully saturated rings. The summed E-state index contributed by atoms with van der Waals surface area (Å²) in [5, 5.41) is 0. The van der Waals surface area contributed by atoms with E-state index >= 15 is 0 Å². The Kier molecular flexibility index (Phi) is 2.74. The summed E-state index contributed by atoms with van der Waals surface area (Å²) in [6.07, 6.45) is 1.35. The molecule has 2 aromatic rings. The Morgan fingerprint density at radius 1 is 1.21 bits per heavy atom. The van der Waals surface area contributed by atoms with Crippen LogP contribution in [0.3, 0.4) is 0 Å². The molecule has 0 saturated heterocycles. The molecule has 0 N–H and O–H groups in total. The third-order valence-electron chi connectivity index (χ3n) is 1.63. The van der Waals surface area contributed by atoms with Crippen molar-refractivity contribution in [1.29, 1.82) is 0 Å². The highest BCUT2D eigenvalue weighted by molar-refractivity contribution is 7.98. The molecule has 1 aromatic carbocycles. The van der Waals surface area contributed by atoms with Crippen LogP contribution >= 0.6 is 11.8 Å². The first-order valence-electron chi connectivity index (χ1n) is 4.10. The van der Waals surface area contributed by atoms with Crippen LogP contribution in [-0.2, 0) is 5.75 Å². The van der Waals surface area contributed by atoms with E-state index in [1.165, 1.54) is 6.26 Å². The van der Waals surface area contributed by atoms with Gasteiger partial charge in [0.25, 0.3) is 0 Å². The van der Waals surface area contributed by atoms with E-state index in [1.807, 2.05) is 30.3 Å². The van der Waals surface area contributed by atoms with Crippen molar-refractivity contribution in [3.05, 3.63) is 53.0 Å². The fourth-order valence-electron chi connectivity index (χ4n) is 1.00. The quantitative estimate of drug-likeness (QED) is 0.727. The molecule has 0 unspecified atom stereocenters. The third kappa shape index (κ3) is 2.29. The fourth-order valence-corrected chi connectivity index (χ4v) is 1.79. The number of thioether (sulfide) groups is 1. The Bertz CT molecular complexity index is 444. The van der Waals surface area contributed by atoms with Gasteiger partial charge in [-0.1, -0.05) is 18.2 Å². The van der Waals surface area contributed by atoms with Gasteiger partial charge in [0.15, 0.2) is 5.76 Å². The summed E-state index contributed by atoms with van der Waals surface area (Å²) in [6.45, 7) is 0. The Balaban J connectivity index is 1.98. The topological polar surface area (TPSA) is 43.4 Å². The molecule has 0 aliphatic heterocycles. The van der Waals surface area contributed by atoms with Gasteiger partial charge >= 0.3 is 5.82 Å². The molecular formula is C10H8O3S. The van der Waals surface area contributed by atoms with Crippen molar-refractivity contribution in [1.82, 2.24) is 0 Å². The smallest absolute Gasteiger partial charge is 0.399 e. The zero-order valence-corrected chi connectivity index (χ0v) is 8.12. The molecule has 1 aromatic heterocycles. The average molecular weight is 208 g/mol. The lowest BCUT2D eigenvalue weighted by atomic mass is 10.4. The SMILES string of the molecule is O=c1occ(CSc2ccccc2)o1. The highest BCUT2D eigenvalue weighted by Crippen LogP contribution is 2.21. The first-order chi connectivity index (χ1) is 6.84. The van der Waals surface area contributed by atoms with Gasteiger partial charge < -0.3 is 8.83 Å². The summed E-state index contributed by atoms with van der Waals surface area (Å²) in [6, 6.07) is 9.90. The maximum Gasteiger partial charge on any atom is 0.518 e. The summed E-state index contributed by atoms with van der Waals surface area (Å²) < 4.78 is 9.28. The van der Waals surface area contributed by atoms with Crippen molar-refractivity contribution in [3.63, 3.8) is 0 Å². The molecule has 0 saturated carbocycles. The third-order valence-corrected chi connectivity index (χ3v) is 2.66. The predicted octanol–water partition coefficient (Wildman–Crippen LogP) is 2.53. The summed E-state index contributed by atoms with van der Waals surface area (Å²) in [5.74, 6) is 0.521. The van der Waals surface area contributed by atoms with Crippen LogP contribution in [-0.4, -0.2) is 0 Å². The van der Waals surface area contributed by atoms with Gasteiger partial charge in [0.05, 0.1) is 5.75 Å². The van der Waals surface area contributed by atoms with Crippen molar-refractivity contribution in [2.75, 3.05) is 0 Å².